The van der Waals surface area contributed by atoms with E-state index >= 15 is 0 Å². The first-order valence-electron chi connectivity index (χ1n) is 46.9. The molecule has 6 aliphatic rings. The van der Waals surface area contributed by atoms with Gasteiger partial charge in [-0.05, 0) is 124 Å². The Hall–Kier alpha value is -12.0. The minimum atomic E-state index is -3.29. The van der Waals surface area contributed by atoms with Gasteiger partial charge in [0.25, 0.3) is 5.16 Å². The molecule has 140 heavy (non-hydrogen) atoms. The predicted molar refractivity (Wildman–Crippen MR) is 534 cm³/mol. The molecular weight excluding hydrogens is 1970 g/mol. The summed E-state index contributed by atoms with van der Waals surface area (Å²) in [5, 5.41) is 93.9. The van der Waals surface area contributed by atoms with Crippen molar-refractivity contribution in [2.75, 3.05) is 162 Å². The number of halogens is 3. The zero-order valence-corrected chi connectivity index (χ0v) is 86.4. The van der Waals surface area contributed by atoms with Crippen molar-refractivity contribution in [3.05, 3.63) is 132 Å². The number of nitrogens with zero attached hydrogens (tertiary/aromatic N) is 36. The number of hydrogen-bond donors (Lipinski definition) is 4. The summed E-state index contributed by atoms with van der Waals surface area (Å²) < 4.78 is 43.9. The zero-order chi connectivity index (χ0) is 99.6. The highest BCUT2D eigenvalue weighted by atomic mass is 79.9. The molecule has 6 fully saturated rings. The maximum Gasteiger partial charge on any atom is 0.267 e. The summed E-state index contributed by atoms with van der Waals surface area (Å²) in [6.45, 7) is 41.4. The van der Waals surface area contributed by atoms with Crippen LogP contribution in [0.15, 0.2) is 132 Å². The molecule has 750 valence electrons. The van der Waals surface area contributed by atoms with E-state index in [0.717, 1.165) is 147 Å². The maximum absolute atomic E-state index is 10.7. The summed E-state index contributed by atoms with van der Waals surface area (Å²) in [5.74, 6) is 10.9. The van der Waals surface area contributed by atoms with Gasteiger partial charge in [0.1, 0.15) is 60.5 Å². The van der Waals surface area contributed by atoms with Crippen molar-refractivity contribution >= 4 is 89.0 Å². The van der Waals surface area contributed by atoms with Crippen LogP contribution in [0.4, 0.5) is 35.7 Å². The first kappa shape index (κ1) is 107. The molecule has 6 atom stereocenters. The van der Waals surface area contributed by atoms with Gasteiger partial charge in [-0.25, -0.2) is 58.3 Å². The SMILES string of the molecule is CC(C)[C@@H]1CCCN(c2ncc(Br)nn2)C1.CC(C)[C@H]1CN(c2ncc(-c3ncc(-n4nccn4)cc3O)nn2)CCN1.CC(C)[C@H]1CN(c2ncc(Br)nn2)CCN1.CC(C)[C@H]1CN(c2nccnn2)CCN1.COCOc1cc(-n2nccn2)cnc1-c1cnc(N2CCC[C@@H](C(C)C)C2)nn1.COCOc1cc(Cl)cnc1-c1cnc(N2CCC[C@@H](C(C)C)C2)nn1.CS(=O)(=O)c1nccnn1. The highest BCUT2D eigenvalue weighted by Gasteiger charge is 2.32. The van der Waals surface area contributed by atoms with Crippen LogP contribution in [0.3, 0.4) is 0 Å². The zero-order valence-electron chi connectivity index (χ0n) is 81.7. The number of sulfone groups is 1. The Kier molecular flexibility index (Phi) is 40.9. The van der Waals surface area contributed by atoms with Crippen LogP contribution in [0.5, 0.6) is 17.2 Å². The first-order chi connectivity index (χ1) is 67.6. The molecule has 0 spiro atoms. The fraction of sp³-hybridized carbons (Fsp3) is 0.556. The lowest BCUT2D eigenvalue weighted by Gasteiger charge is -2.35. The molecule has 6 saturated heterocycles. The Morgan fingerprint density at radius 1 is 0.386 bits per heavy atom. The van der Waals surface area contributed by atoms with Gasteiger partial charge < -0.3 is 69.4 Å². The lowest BCUT2D eigenvalue weighted by molar-refractivity contribution is 0.0511. The number of hydrogen-bond acceptors (Lipinski definition) is 44. The van der Waals surface area contributed by atoms with Crippen LogP contribution in [0.2, 0.25) is 5.02 Å². The van der Waals surface area contributed by atoms with Crippen LogP contribution in [0, 0.1) is 53.3 Å². The average molecular weight is 2090 g/mol. The number of aromatic hydroxyl groups is 1. The maximum atomic E-state index is 10.7. The van der Waals surface area contributed by atoms with Gasteiger partial charge in [-0.3, -0.25) is 0 Å². The summed E-state index contributed by atoms with van der Waals surface area (Å²) in [4.78, 5) is 58.9. The standard InChI is InChI=1S/C20H26N8O2.C18H24ClN5O2.C17H21N9O.C11H17BrN4.C10H16BrN5.C10H17N5.C4H5N3O2S/c1-14(2)15-5-4-8-27(12-15)20-22-11-17(25-26-20)19-18(30-13-29-3)9-16(10-21-19)28-23-6-7-24-28;1-12(2)13-5-4-6-24(10-13)18-21-9-15(22-23-18)17-16(26-11-25-3)7-14(19)8-20-17;1-11(2)14-10-25(6-5-18-14)17-20-9-13(23-24-17)16-15(27)7-12(8-19-16)26-21-3-4-22-26;1-8(2)9-4-3-5-16(7-9)11-13-6-10(12)14-15-11;1-7(2)8-6-16(4-3-12-8)10-13-5-9(11)14-15-10;1-8(2)9-7-15(6-5-11-9)10-12-3-4-13-14-10;1-10(8,9)4-5-2-3-6-7-4/h6-7,9-11,14-15H,4-5,8,12-13H2,1-3H3;7-9,12-13H,4-6,10-11H2,1-3H3;3-4,7-9,11,14,18,27H,5-6,10H2,1-2H3;6,8-9H,3-5,7H2,1-2H3;5,7-8,12H,3-4,6H2,1-2H3;3-4,8-9,11H,5-7H2,1-2H3;2-3H,1H3/t15-;13-;14-;9-;8-;9-;/m111111./s1. The van der Waals surface area contributed by atoms with Gasteiger partial charge >= 0.3 is 0 Å². The van der Waals surface area contributed by atoms with E-state index in [2.05, 4.69) is 302 Å². The largest absolute Gasteiger partial charge is 0.506 e. The van der Waals surface area contributed by atoms with Crippen molar-refractivity contribution in [3.63, 3.8) is 0 Å². The lowest BCUT2D eigenvalue weighted by Crippen LogP contribution is -2.53. The van der Waals surface area contributed by atoms with E-state index in [4.69, 9.17) is 30.5 Å². The summed E-state index contributed by atoms with van der Waals surface area (Å²) in [7, 11) is -0.174. The van der Waals surface area contributed by atoms with E-state index in [9.17, 15) is 13.5 Å². The van der Waals surface area contributed by atoms with Crippen molar-refractivity contribution < 1.29 is 32.5 Å². The van der Waals surface area contributed by atoms with Gasteiger partial charge in [0.2, 0.25) is 45.5 Å². The second kappa shape index (κ2) is 53.6. The number of aromatic nitrogens is 30. The van der Waals surface area contributed by atoms with Crippen LogP contribution < -0.4 is 54.8 Å². The fourth-order valence-corrected chi connectivity index (χ4v) is 16.8. The normalized spacial score (nSPS) is 18.3. The number of methoxy groups -OCH3 is 2. The smallest absolute Gasteiger partial charge is 0.267 e. The molecule has 0 aliphatic carbocycles. The molecule has 0 saturated carbocycles. The van der Waals surface area contributed by atoms with Crippen LogP contribution in [0.25, 0.3) is 45.5 Å². The van der Waals surface area contributed by atoms with Gasteiger partial charge in [-0.1, -0.05) is 94.7 Å². The second-order valence-corrected chi connectivity index (χ2v) is 40.1. The molecule has 0 amide bonds. The Balaban J connectivity index is 0.000000150. The van der Waals surface area contributed by atoms with Crippen molar-refractivity contribution in [2.24, 2.45) is 53.3 Å². The van der Waals surface area contributed by atoms with Crippen molar-refractivity contribution in [1.29, 1.82) is 0 Å². The quantitative estimate of drug-likeness (QED) is 0.0409. The Morgan fingerprint density at radius 3 is 1.06 bits per heavy atom. The molecule has 46 nitrogen and oxygen atoms in total. The van der Waals surface area contributed by atoms with Gasteiger partial charge in [-0.2, -0.15) is 30.6 Å². The van der Waals surface area contributed by atoms with E-state index in [1.807, 2.05) is 0 Å². The van der Waals surface area contributed by atoms with Crippen LogP contribution in [-0.2, 0) is 19.3 Å². The predicted octanol–water partition coefficient (Wildman–Crippen LogP) is 9.62. The van der Waals surface area contributed by atoms with Crippen molar-refractivity contribution in [1.82, 2.24) is 167 Å². The topological polar surface area (TPSA) is 518 Å². The Labute approximate surface area is 837 Å². The number of nitrogens with one attached hydrogen (secondary N) is 3. The molecule has 0 bridgehead atoms. The third kappa shape index (κ3) is 31.8. The highest BCUT2D eigenvalue weighted by Crippen LogP contribution is 2.35. The molecule has 0 radical (unpaired) electrons. The van der Waals surface area contributed by atoms with Gasteiger partial charge in [0.05, 0.1) is 98.0 Å². The molecule has 12 aromatic rings. The summed E-state index contributed by atoms with van der Waals surface area (Å²) in [6.07, 6.45) is 33.7. The molecule has 0 aromatic carbocycles. The number of pyridine rings is 3. The monoisotopic (exact) mass is 2090 g/mol. The van der Waals surface area contributed by atoms with Crippen molar-refractivity contribution in [2.45, 2.75) is 145 Å². The minimum Gasteiger partial charge on any atom is -0.506 e. The first-order valence-corrected chi connectivity index (χ1v) is 50.7. The fourth-order valence-electron chi connectivity index (χ4n) is 15.8. The molecule has 4 N–H and O–H groups in total. The number of anilines is 6. The van der Waals surface area contributed by atoms with Gasteiger partial charge in [0.15, 0.2) is 25.1 Å². The molecule has 6 aliphatic heterocycles. The molecule has 0 unspecified atom stereocenters. The van der Waals surface area contributed by atoms with E-state index in [1.54, 1.807) is 113 Å². The lowest BCUT2D eigenvalue weighted by atomic mass is 9.88. The minimum absolute atomic E-state index is 0.0318. The van der Waals surface area contributed by atoms with Crippen LogP contribution in [0.1, 0.15) is 122 Å². The van der Waals surface area contributed by atoms with Crippen LogP contribution >= 0.6 is 43.5 Å². The summed E-state index contributed by atoms with van der Waals surface area (Å²) >= 11 is 12.5. The number of ether oxygens (including phenoxy) is 4. The number of piperazine rings is 3. The van der Waals surface area contributed by atoms with Gasteiger partial charge in [-0.15, -0.1) is 70.8 Å². The summed E-state index contributed by atoms with van der Waals surface area (Å²) in [5.41, 5.74) is 4.09. The Bertz CT molecular complexity index is 5700. The van der Waals surface area contributed by atoms with E-state index in [-0.39, 0.29) is 24.5 Å². The molecule has 18 heterocycles. The molecule has 50 heteroatoms. The number of piperidine rings is 3. The van der Waals surface area contributed by atoms with E-state index < -0.39 is 9.84 Å². The van der Waals surface area contributed by atoms with E-state index in [1.165, 1.54) is 53.7 Å². The third-order valence-corrected chi connectivity index (χ3v) is 25.9. The Morgan fingerprint density at radius 2 is 0.736 bits per heavy atom. The van der Waals surface area contributed by atoms with Crippen molar-refractivity contribution in [3.8, 4) is 62.8 Å². The average Bonchev–Trinajstić information content (AvgIpc) is 1.82. The molecule has 18 rings (SSSR count). The van der Waals surface area contributed by atoms with E-state index in [0.29, 0.717) is 149 Å². The highest BCUT2D eigenvalue weighted by molar-refractivity contribution is 9.10. The molecular formula is C90H126Br2ClN39O7S. The molecule has 12 aromatic heterocycles. The second-order valence-electron chi connectivity index (χ2n) is 36.1. The van der Waals surface area contributed by atoms with Crippen LogP contribution in [-0.4, -0.2) is 315 Å². The third-order valence-electron chi connectivity index (χ3n) is 24.1. The van der Waals surface area contributed by atoms with Gasteiger partial charge in [0, 0.05) is 161 Å². The number of rotatable bonds is 24. The summed E-state index contributed by atoms with van der Waals surface area (Å²) in [6, 6.07) is 6.41.